The highest BCUT2D eigenvalue weighted by Gasteiger charge is 2.42. The van der Waals surface area contributed by atoms with Gasteiger partial charge < -0.3 is 15.2 Å². The first-order valence-electron chi connectivity index (χ1n) is 7.86. The number of hydrogen-bond donors (Lipinski definition) is 2. The minimum Gasteiger partial charge on any atom is -0.480 e. The summed E-state index contributed by atoms with van der Waals surface area (Å²) in [6.07, 6.45) is 6.28. The number of carbonyl (C=O) groups excluding carboxylic acids is 1. The molecular weight excluding hydrogens is 302 g/mol. The van der Waals surface area contributed by atoms with Gasteiger partial charge in [0.2, 0.25) is 0 Å². The van der Waals surface area contributed by atoms with E-state index in [0.29, 0.717) is 30.9 Å². The third kappa shape index (κ3) is 3.03. The molecule has 0 atom stereocenters. The maximum atomic E-state index is 12.5. The van der Waals surface area contributed by atoms with E-state index in [-0.39, 0.29) is 5.91 Å². The normalized spacial score (nSPS) is 20.7. The van der Waals surface area contributed by atoms with Crippen molar-refractivity contribution < 1.29 is 19.4 Å². The van der Waals surface area contributed by atoms with Crippen molar-refractivity contribution in [1.82, 2.24) is 5.32 Å². The Morgan fingerprint density at radius 3 is 2.64 bits per heavy atom. The van der Waals surface area contributed by atoms with E-state index in [9.17, 15) is 14.7 Å². The number of fused-ring (bicyclic) bond motifs is 1. The smallest absolute Gasteiger partial charge is 0.329 e. The molecule has 1 saturated heterocycles. The van der Waals surface area contributed by atoms with Gasteiger partial charge >= 0.3 is 5.97 Å². The molecule has 1 fully saturated rings. The number of aliphatic carboxylic acids is 1. The number of aryl methyl sites for hydroxylation is 2. The van der Waals surface area contributed by atoms with E-state index in [1.165, 1.54) is 41.0 Å². The summed E-state index contributed by atoms with van der Waals surface area (Å²) in [5.41, 5.74) is 0.0838. The summed E-state index contributed by atoms with van der Waals surface area (Å²) in [7, 11) is 0. The predicted octanol–water partition coefficient (Wildman–Crippen LogP) is 2.38. The van der Waals surface area contributed by atoms with E-state index in [1.807, 2.05) is 6.07 Å². The van der Waals surface area contributed by atoms with Gasteiger partial charge in [-0.3, -0.25) is 4.79 Å². The zero-order valence-corrected chi connectivity index (χ0v) is 13.3. The van der Waals surface area contributed by atoms with Gasteiger partial charge in [-0.25, -0.2) is 4.79 Å². The van der Waals surface area contributed by atoms with Crippen molar-refractivity contribution in [2.75, 3.05) is 13.2 Å². The van der Waals surface area contributed by atoms with Gasteiger partial charge in [-0.1, -0.05) is 6.42 Å². The third-order valence-electron chi connectivity index (χ3n) is 4.58. The molecule has 1 aromatic rings. The average Bonchev–Trinajstić information content (AvgIpc) is 2.79. The Kier molecular flexibility index (Phi) is 4.49. The Morgan fingerprint density at radius 2 is 1.91 bits per heavy atom. The zero-order chi connectivity index (χ0) is 15.6. The lowest BCUT2D eigenvalue weighted by Crippen LogP contribution is -2.57. The summed E-state index contributed by atoms with van der Waals surface area (Å²) in [5.74, 6) is -1.23. The van der Waals surface area contributed by atoms with Crippen LogP contribution in [0.15, 0.2) is 6.07 Å². The molecule has 1 aromatic heterocycles. The molecule has 0 spiro atoms. The van der Waals surface area contributed by atoms with Crippen LogP contribution in [0, 0.1) is 0 Å². The monoisotopic (exact) mass is 323 g/mol. The molecule has 1 aliphatic carbocycles. The highest BCUT2D eigenvalue weighted by atomic mass is 32.1. The minimum absolute atomic E-state index is 0.262. The fraction of sp³-hybridized carbons (Fsp3) is 0.625. The average molecular weight is 323 g/mol. The number of ether oxygens (including phenoxy) is 1. The van der Waals surface area contributed by atoms with Crippen molar-refractivity contribution >= 4 is 23.2 Å². The van der Waals surface area contributed by atoms with Gasteiger partial charge in [-0.15, -0.1) is 11.3 Å². The van der Waals surface area contributed by atoms with Crippen molar-refractivity contribution in [1.29, 1.82) is 0 Å². The van der Waals surface area contributed by atoms with Gasteiger partial charge in [0, 0.05) is 30.9 Å². The third-order valence-corrected chi connectivity index (χ3v) is 5.81. The number of carboxylic acids is 1. The Hall–Kier alpha value is -1.40. The molecule has 1 aliphatic heterocycles. The van der Waals surface area contributed by atoms with Crippen LogP contribution in [0.2, 0.25) is 0 Å². The second-order valence-corrected chi connectivity index (χ2v) is 7.21. The lowest BCUT2D eigenvalue weighted by molar-refractivity contribution is -0.148. The molecule has 5 nitrogen and oxygen atoms in total. The molecule has 0 radical (unpaired) electrons. The molecule has 0 unspecified atom stereocenters. The second-order valence-electron chi connectivity index (χ2n) is 6.07. The molecule has 3 rings (SSSR count). The lowest BCUT2D eigenvalue weighted by atomic mass is 9.90. The fourth-order valence-corrected chi connectivity index (χ4v) is 4.32. The maximum Gasteiger partial charge on any atom is 0.329 e. The molecule has 0 saturated carbocycles. The lowest BCUT2D eigenvalue weighted by Gasteiger charge is -2.33. The number of thiophene rings is 1. The first kappa shape index (κ1) is 15.5. The molecular formula is C16H21NO4S. The van der Waals surface area contributed by atoms with Crippen LogP contribution >= 0.6 is 11.3 Å². The summed E-state index contributed by atoms with van der Waals surface area (Å²) >= 11 is 1.52. The predicted molar refractivity (Wildman–Crippen MR) is 83.5 cm³/mol. The number of carboxylic acid groups (broad SMARTS) is 1. The van der Waals surface area contributed by atoms with E-state index in [4.69, 9.17) is 4.74 Å². The molecule has 2 aliphatic rings. The second kappa shape index (κ2) is 6.38. The van der Waals surface area contributed by atoms with Crippen molar-refractivity contribution in [3.05, 3.63) is 21.4 Å². The molecule has 2 N–H and O–H groups in total. The number of carbonyl (C=O) groups is 2. The Balaban J connectivity index is 1.77. The Bertz CT molecular complexity index is 551. The summed E-state index contributed by atoms with van der Waals surface area (Å²) in [5, 5.41) is 12.3. The number of hydrogen-bond acceptors (Lipinski definition) is 4. The topological polar surface area (TPSA) is 75.6 Å². The van der Waals surface area contributed by atoms with Gasteiger partial charge in [0.15, 0.2) is 0 Å². The SMILES string of the molecule is O=C(NC1(C(=O)O)CCOCC1)c1cc2c(s1)CCCCC2. The molecule has 0 bridgehead atoms. The van der Waals surface area contributed by atoms with E-state index >= 15 is 0 Å². The Morgan fingerprint density at radius 1 is 1.18 bits per heavy atom. The van der Waals surface area contributed by atoms with Gasteiger partial charge in [-0.2, -0.15) is 0 Å². The van der Waals surface area contributed by atoms with Crippen LogP contribution in [0.4, 0.5) is 0 Å². The van der Waals surface area contributed by atoms with Crippen LogP contribution in [0.25, 0.3) is 0 Å². The zero-order valence-electron chi connectivity index (χ0n) is 12.5. The van der Waals surface area contributed by atoms with Crippen molar-refractivity contribution in [2.45, 2.75) is 50.5 Å². The fourth-order valence-electron chi connectivity index (χ4n) is 3.17. The first-order valence-corrected chi connectivity index (χ1v) is 8.68. The summed E-state index contributed by atoms with van der Waals surface area (Å²) in [6, 6.07) is 1.95. The van der Waals surface area contributed by atoms with Crippen LogP contribution in [0.1, 0.15) is 52.2 Å². The molecule has 120 valence electrons. The van der Waals surface area contributed by atoms with Crippen LogP contribution in [-0.4, -0.2) is 35.7 Å². The van der Waals surface area contributed by atoms with Gasteiger partial charge in [0.25, 0.3) is 5.91 Å². The first-order chi connectivity index (χ1) is 10.6. The van der Waals surface area contributed by atoms with Crippen molar-refractivity contribution in [2.24, 2.45) is 0 Å². The molecule has 6 heteroatoms. The van der Waals surface area contributed by atoms with Gasteiger partial charge in [-0.05, 0) is 37.3 Å². The van der Waals surface area contributed by atoms with Crippen LogP contribution in [0.5, 0.6) is 0 Å². The van der Waals surface area contributed by atoms with E-state index in [2.05, 4.69) is 5.32 Å². The van der Waals surface area contributed by atoms with Crippen molar-refractivity contribution in [3.63, 3.8) is 0 Å². The number of nitrogens with one attached hydrogen (secondary N) is 1. The summed E-state index contributed by atoms with van der Waals surface area (Å²) in [6.45, 7) is 0.737. The van der Waals surface area contributed by atoms with E-state index < -0.39 is 11.5 Å². The Labute approximate surface area is 133 Å². The highest BCUT2D eigenvalue weighted by Crippen LogP contribution is 2.30. The van der Waals surface area contributed by atoms with Crippen LogP contribution < -0.4 is 5.32 Å². The van der Waals surface area contributed by atoms with Gasteiger partial charge in [0.05, 0.1) is 4.88 Å². The van der Waals surface area contributed by atoms with Gasteiger partial charge in [0.1, 0.15) is 5.54 Å². The summed E-state index contributed by atoms with van der Waals surface area (Å²) < 4.78 is 5.23. The van der Waals surface area contributed by atoms with Crippen LogP contribution in [0.3, 0.4) is 0 Å². The highest BCUT2D eigenvalue weighted by molar-refractivity contribution is 7.14. The van der Waals surface area contributed by atoms with E-state index in [0.717, 1.165) is 12.8 Å². The number of rotatable bonds is 3. The van der Waals surface area contributed by atoms with E-state index in [1.54, 1.807) is 0 Å². The molecule has 22 heavy (non-hydrogen) atoms. The quantitative estimate of drug-likeness (QED) is 0.838. The summed E-state index contributed by atoms with van der Waals surface area (Å²) in [4.78, 5) is 26.1. The maximum absolute atomic E-state index is 12.5. The number of amides is 1. The molecule has 0 aromatic carbocycles. The standard InChI is InChI=1S/C16H21NO4S/c18-14(17-16(15(19)20)6-8-21-9-7-16)13-10-11-4-2-1-3-5-12(11)22-13/h10H,1-9H2,(H,17,18)(H,19,20). The van der Waals surface area contributed by atoms with Crippen molar-refractivity contribution in [3.8, 4) is 0 Å². The van der Waals surface area contributed by atoms with Crippen LogP contribution in [-0.2, 0) is 22.4 Å². The largest absolute Gasteiger partial charge is 0.480 e. The minimum atomic E-state index is -1.18. The molecule has 2 heterocycles. The molecule has 1 amide bonds.